The number of halogens is 1. The molecule has 0 unspecified atom stereocenters. The smallest absolute Gasteiger partial charge is 0.251 e. The Morgan fingerprint density at radius 2 is 1.92 bits per heavy atom. The molecule has 2 aromatic carbocycles. The summed E-state index contributed by atoms with van der Waals surface area (Å²) in [5.74, 6) is -0.566. The summed E-state index contributed by atoms with van der Waals surface area (Å²) in [6.45, 7) is 0.758. The first-order valence-electron chi connectivity index (χ1n) is 7.98. The summed E-state index contributed by atoms with van der Waals surface area (Å²) in [5.41, 5.74) is 2.78. The molecule has 0 aromatic heterocycles. The van der Waals surface area contributed by atoms with Crippen LogP contribution in [0.25, 0.3) is 0 Å². The summed E-state index contributed by atoms with van der Waals surface area (Å²) in [7, 11) is -3.32. The zero-order valence-electron chi connectivity index (χ0n) is 13.8. The monoisotopic (exact) mass is 362 g/mol. The van der Waals surface area contributed by atoms with Crippen molar-refractivity contribution in [2.75, 3.05) is 17.1 Å². The van der Waals surface area contributed by atoms with E-state index in [1.54, 1.807) is 30.3 Å². The minimum Gasteiger partial charge on any atom is -0.348 e. The minimum atomic E-state index is -3.32. The van der Waals surface area contributed by atoms with Crippen molar-refractivity contribution in [3.8, 4) is 0 Å². The van der Waals surface area contributed by atoms with Gasteiger partial charge in [0.05, 0.1) is 11.9 Å². The van der Waals surface area contributed by atoms with Crippen molar-refractivity contribution in [1.29, 1.82) is 0 Å². The highest BCUT2D eigenvalue weighted by atomic mass is 32.2. The summed E-state index contributed by atoms with van der Waals surface area (Å²) in [5, 5.41) is 2.79. The molecule has 0 bridgehead atoms. The van der Waals surface area contributed by atoms with Crippen molar-refractivity contribution in [1.82, 2.24) is 5.32 Å². The van der Waals surface area contributed by atoms with Crippen LogP contribution in [0.1, 0.15) is 27.9 Å². The SMILES string of the molecule is CS(=O)(=O)N1CCCc2cc(C(=O)NCc3ccc(F)cc3)ccc21. The number of rotatable bonds is 4. The van der Waals surface area contributed by atoms with Gasteiger partial charge in [0, 0.05) is 18.7 Å². The van der Waals surface area contributed by atoms with E-state index in [1.807, 2.05) is 0 Å². The molecule has 0 fully saturated rings. The average molecular weight is 362 g/mol. The molecule has 1 amide bonds. The van der Waals surface area contributed by atoms with E-state index in [4.69, 9.17) is 0 Å². The van der Waals surface area contributed by atoms with Gasteiger partial charge in [0.2, 0.25) is 10.0 Å². The predicted octanol–water partition coefficient (Wildman–Crippen LogP) is 2.47. The minimum absolute atomic E-state index is 0.247. The van der Waals surface area contributed by atoms with Gasteiger partial charge in [-0.05, 0) is 54.3 Å². The third-order valence-electron chi connectivity index (χ3n) is 4.18. The molecule has 1 N–H and O–H groups in total. The molecule has 132 valence electrons. The van der Waals surface area contributed by atoms with Gasteiger partial charge in [-0.15, -0.1) is 0 Å². The van der Waals surface area contributed by atoms with Gasteiger partial charge < -0.3 is 5.32 Å². The summed E-state index contributed by atoms with van der Waals surface area (Å²) in [6, 6.07) is 11.0. The van der Waals surface area contributed by atoms with Gasteiger partial charge >= 0.3 is 0 Å². The van der Waals surface area contributed by atoms with Crippen LogP contribution in [0.15, 0.2) is 42.5 Å². The molecule has 0 spiro atoms. The molecule has 0 saturated heterocycles. The molecule has 25 heavy (non-hydrogen) atoms. The average Bonchev–Trinajstić information content (AvgIpc) is 2.59. The first kappa shape index (κ1) is 17.4. The topological polar surface area (TPSA) is 66.5 Å². The molecule has 0 aliphatic carbocycles. The Morgan fingerprint density at radius 3 is 2.60 bits per heavy atom. The predicted molar refractivity (Wildman–Crippen MR) is 94.5 cm³/mol. The number of aryl methyl sites for hydroxylation is 1. The van der Waals surface area contributed by atoms with Gasteiger partial charge in [-0.3, -0.25) is 9.10 Å². The maximum Gasteiger partial charge on any atom is 0.251 e. The number of anilines is 1. The zero-order valence-corrected chi connectivity index (χ0v) is 14.6. The largest absolute Gasteiger partial charge is 0.348 e. The van der Waals surface area contributed by atoms with Crippen LogP contribution in [0, 0.1) is 5.82 Å². The van der Waals surface area contributed by atoms with E-state index in [0.717, 1.165) is 24.0 Å². The van der Waals surface area contributed by atoms with Crippen molar-refractivity contribution in [3.63, 3.8) is 0 Å². The number of hydrogen-bond acceptors (Lipinski definition) is 3. The highest BCUT2D eigenvalue weighted by Crippen LogP contribution is 2.29. The summed E-state index contributed by atoms with van der Waals surface area (Å²) in [6.07, 6.45) is 2.65. The van der Waals surface area contributed by atoms with Crippen LogP contribution in [0.3, 0.4) is 0 Å². The fourth-order valence-electron chi connectivity index (χ4n) is 2.93. The van der Waals surface area contributed by atoms with E-state index in [2.05, 4.69) is 5.32 Å². The van der Waals surface area contributed by atoms with Crippen LogP contribution in [0.5, 0.6) is 0 Å². The number of amides is 1. The number of fused-ring (bicyclic) bond motifs is 1. The second kappa shape index (κ2) is 6.84. The summed E-state index contributed by atoms with van der Waals surface area (Å²) in [4.78, 5) is 12.3. The van der Waals surface area contributed by atoms with E-state index in [-0.39, 0.29) is 11.7 Å². The van der Waals surface area contributed by atoms with Crippen LogP contribution < -0.4 is 9.62 Å². The Balaban J connectivity index is 1.75. The number of hydrogen-bond donors (Lipinski definition) is 1. The van der Waals surface area contributed by atoms with Crippen LogP contribution in [0.4, 0.5) is 10.1 Å². The quantitative estimate of drug-likeness (QED) is 0.909. The van der Waals surface area contributed by atoms with E-state index in [1.165, 1.54) is 22.7 Å². The second-order valence-corrected chi connectivity index (χ2v) is 8.00. The molecule has 3 rings (SSSR count). The molecule has 0 atom stereocenters. The van der Waals surface area contributed by atoms with Crippen LogP contribution in [0.2, 0.25) is 0 Å². The third-order valence-corrected chi connectivity index (χ3v) is 5.36. The second-order valence-electron chi connectivity index (χ2n) is 6.09. The van der Waals surface area contributed by atoms with Crippen LogP contribution in [-0.4, -0.2) is 27.1 Å². The van der Waals surface area contributed by atoms with Crippen molar-refractivity contribution < 1.29 is 17.6 Å². The van der Waals surface area contributed by atoms with Gasteiger partial charge in [-0.25, -0.2) is 12.8 Å². The van der Waals surface area contributed by atoms with Gasteiger partial charge in [-0.1, -0.05) is 12.1 Å². The number of carbonyl (C=O) groups is 1. The molecule has 0 saturated carbocycles. The van der Waals surface area contributed by atoms with Crippen molar-refractivity contribution in [2.24, 2.45) is 0 Å². The Labute approximate surface area is 146 Å². The van der Waals surface area contributed by atoms with Gasteiger partial charge in [0.1, 0.15) is 5.82 Å². The number of sulfonamides is 1. The summed E-state index contributed by atoms with van der Waals surface area (Å²) < 4.78 is 38.0. The van der Waals surface area contributed by atoms with Crippen LogP contribution in [-0.2, 0) is 23.0 Å². The van der Waals surface area contributed by atoms with Crippen molar-refractivity contribution >= 4 is 21.6 Å². The van der Waals surface area contributed by atoms with E-state index >= 15 is 0 Å². The molecular formula is C18H19FN2O3S. The van der Waals surface area contributed by atoms with E-state index in [9.17, 15) is 17.6 Å². The molecular weight excluding hydrogens is 343 g/mol. The number of nitrogens with zero attached hydrogens (tertiary/aromatic N) is 1. The van der Waals surface area contributed by atoms with Crippen molar-refractivity contribution in [3.05, 3.63) is 65.0 Å². The van der Waals surface area contributed by atoms with Crippen molar-refractivity contribution in [2.45, 2.75) is 19.4 Å². The lowest BCUT2D eigenvalue weighted by molar-refractivity contribution is 0.0951. The van der Waals surface area contributed by atoms with Gasteiger partial charge in [0.15, 0.2) is 0 Å². The van der Waals surface area contributed by atoms with E-state index in [0.29, 0.717) is 24.3 Å². The Hall–Kier alpha value is -2.41. The van der Waals surface area contributed by atoms with Crippen LogP contribution >= 0.6 is 0 Å². The Morgan fingerprint density at radius 1 is 1.20 bits per heavy atom. The summed E-state index contributed by atoms with van der Waals surface area (Å²) >= 11 is 0. The first-order chi connectivity index (χ1) is 11.8. The lowest BCUT2D eigenvalue weighted by Gasteiger charge is -2.29. The molecule has 1 aliphatic rings. The highest BCUT2D eigenvalue weighted by molar-refractivity contribution is 7.92. The third kappa shape index (κ3) is 3.99. The standard InChI is InChI=1S/C18H19FN2O3S/c1-25(23,24)21-10-2-3-14-11-15(6-9-17(14)21)18(22)20-12-13-4-7-16(19)8-5-13/h4-9,11H,2-3,10,12H2,1H3,(H,20,22). The molecule has 0 radical (unpaired) electrons. The number of benzene rings is 2. The lowest BCUT2D eigenvalue weighted by Crippen LogP contribution is -2.34. The normalized spacial score (nSPS) is 14.1. The maximum atomic E-state index is 12.9. The number of carbonyl (C=O) groups excluding carboxylic acids is 1. The molecule has 1 aliphatic heterocycles. The molecule has 1 heterocycles. The zero-order chi connectivity index (χ0) is 18.0. The molecule has 5 nitrogen and oxygen atoms in total. The highest BCUT2D eigenvalue weighted by Gasteiger charge is 2.24. The van der Waals surface area contributed by atoms with E-state index < -0.39 is 10.0 Å². The Kier molecular flexibility index (Phi) is 4.76. The van der Waals surface area contributed by atoms with Gasteiger partial charge in [0.25, 0.3) is 5.91 Å². The fourth-order valence-corrected chi connectivity index (χ4v) is 3.93. The number of nitrogens with one attached hydrogen (secondary N) is 1. The molecule has 2 aromatic rings. The maximum absolute atomic E-state index is 12.9. The fraction of sp³-hybridized carbons (Fsp3) is 0.278. The molecule has 7 heteroatoms. The van der Waals surface area contributed by atoms with Gasteiger partial charge in [-0.2, -0.15) is 0 Å². The first-order valence-corrected chi connectivity index (χ1v) is 9.83. The lowest BCUT2D eigenvalue weighted by atomic mass is 10.0. The Bertz CT molecular complexity index is 895.